The maximum Gasteiger partial charge on any atom is 0.152 e. The summed E-state index contributed by atoms with van der Waals surface area (Å²) in [5, 5.41) is 8.85. The molecule has 0 saturated carbocycles. The van der Waals surface area contributed by atoms with E-state index in [0.29, 0.717) is 0 Å². The van der Waals surface area contributed by atoms with Crippen molar-refractivity contribution in [2.45, 2.75) is 0 Å². The molecule has 0 unspecified atom stereocenters. The van der Waals surface area contributed by atoms with E-state index in [1.165, 1.54) is 12.1 Å². The zero-order valence-electron chi connectivity index (χ0n) is 8.11. The Morgan fingerprint density at radius 1 is 1.06 bits per heavy atom. The van der Waals surface area contributed by atoms with Gasteiger partial charge < -0.3 is 0 Å². The summed E-state index contributed by atoms with van der Waals surface area (Å²) < 4.78 is 26.9. The van der Waals surface area contributed by atoms with Crippen LogP contribution >= 0.6 is 0 Å². The Morgan fingerprint density at radius 2 is 1.69 bits per heavy atom. The highest BCUT2D eigenvalue weighted by Crippen LogP contribution is 2.27. The van der Waals surface area contributed by atoms with Crippen LogP contribution < -0.4 is 0 Å². The van der Waals surface area contributed by atoms with Crippen molar-refractivity contribution in [3.63, 3.8) is 0 Å². The predicted octanol–water partition coefficient (Wildman–Crippen LogP) is 2.90. The van der Waals surface area contributed by atoms with Gasteiger partial charge in [-0.3, -0.25) is 4.98 Å². The fourth-order valence-electron chi connectivity index (χ4n) is 1.47. The van der Waals surface area contributed by atoms with E-state index in [0.717, 1.165) is 12.4 Å². The number of rotatable bonds is 1. The second kappa shape index (κ2) is 4.07. The van der Waals surface area contributed by atoms with Crippen molar-refractivity contribution in [2.75, 3.05) is 0 Å². The molecule has 16 heavy (non-hydrogen) atoms. The van der Waals surface area contributed by atoms with E-state index in [2.05, 4.69) is 4.98 Å². The first-order valence-electron chi connectivity index (χ1n) is 4.52. The van der Waals surface area contributed by atoms with E-state index < -0.39 is 11.6 Å². The summed E-state index contributed by atoms with van der Waals surface area (Å²) in [5.41, 5.74) is 0.251. The Bertz CT molecular complexity index is 553. The Kier molecular flexibility index (Phi) is 2.61. The third kappa shape index (κ3) is 1.63. The van der Waals surface area contributed by atoms with Gasteiger partial charge >= 0.3 is 0 Å². The first kappa shape index (κ1) is 10.2. The van der Waals surface area contributed by atoms with E-state index in [1.807, 2.05) is 6.07 Å². The summed E-state index contributed by atoms with van der Waals surface area (Å²) in [6, 6.07) is 8.16. The minimum atomic E-state index is -0.775. The van der Waals surface area contributed by atoms with Gasteiger partial charge in [0.25, 0.3) is 0 Å². The van der Waals surface area contributed by atoms with Gasteiger partial charge in [0.05, 0.1) is 29.6 Å². The second-order valence-electron chi connectivity index (χ2n) is 3.14. The zero-order valence-corrected chi connectivity index (χ0v) is 8.11. The van der Waals surface area contributed by atoms with Crippen LogP contribution in [0.3, 0.4) is 0 Å². The minimum absolute atomic E-state index is 0.216. The molecule has 0 bridgehead atoms. The molecular weight excluding hydrogens is 210 g/mol. The van der Waals surface area contributed by atoms with E-state index in [-0.39, 0.29) is 16.7 Å². The van der Waals surface area contributed by atoms with Crippen LogP contribution in [-0.2, 0) is 0 Å². The van der Waals surface area contributed by atoms with Crippen molar-refractivity contribution >= 4 is 0 Å². The number of nitrogens with zero attached hydrogens (tertiary/aromatic N) is 2. The molecule has 0 aliphatic rings. The molecule has 1 aromatic carbocycles. The van der Waals surface area contributed by atoms with E-state index in [9.17, 15) is 8.78 Å². The molecule has 0 radical (unpaired) electrons. The lowest BCUT2D eigenvalue weighted by molar-refractivity contribution is 0.579. The predicted molar refractivity (Wildman–Crippen MR) is 54.3 cm³/mol. The van der Waals surface area contributed by atoms with Crippen LogP contribution in [0.1, 0.15) is 5.56 Å². The molecule has 0 N–H and O–H groups in total. The van der Waals surface area contributed by atoms with Gasteiger partial charge in [-0.2, -0.15) is 5.26 Å². The van der Waals surface area contributed by atoms with Gasteiger partial charge in [-0.05, 0) is 6.07 Å². The standard InChI is InChI=1S/C12H6F2N2/c13-10-6-16-7-11(14)12(10)9-4-2-1-3-8(9)5-15/h1-4,6-7H. The maximum atomic E-state index is 13.4. The highest BCUT2D eigenvalue weighted by atomic mass is 19.1. The van der Waals surface area contributed by atoms with Crippen LogP contribution in [0, 0.1) is 23.0 Å². The molecule has 1 heterocycles. The van der Waals surface area contributed by atoms with Gasteiger partial charge in [0, 0.05) is 5.56 Å². The first-order valence-corrected chi connectivity index (χ1v) is 4.52. The highest BCUT2D eigenvalue weighted by Gasteiger charge is 2.14. The molecule has 0 spiro atoms. The third-order valence-electron chi connectivity index (χ3n) is 2.17. The molecule has 2 rings (SSSR count). The van der Waals surface area contributed by atoms with Crippen molar-refractivity contribution in [3.05, 3.63) is 53.9 Å². The van der Waals surface area contributed by atoms with E-state index >= 15 is 0 Å². The Balaban J connectivity index is 2.73. The summed E-state index contributed by atoms with van der Waals surface area (Å²) in [6.07, 6.45) is 1.85. The molecule has 2 aromatic rings. The molecular formula is C12H6F2N2. The van der Waals surface area contributed by atoms with Gasteiger partial charge in [0.15, 0.2) is 11.6 Å². The summed E-state index contributed by atoms with van der Waals surface area (Å²) in [5.74, 6) is -1.55. The Morgan fingerprint density at radius 3 is 2.31 bits per heavy atom. The number of hydrogen-bond acceptors (Lipinski definition) is 2. The maximum absolute atomic E-state index is 13.4. The number of aromatic nitrogens is 1. The Hall–Kier alpha value is -2.28. The topological polar surface area (TPSA) is 36.7 Å². The largest absolute Gasteiger partial charge is 0.259 e. The summed E-state index contributed by atoms with van der Waals surface area (Å²) in [6.45, 7) is 0. The molecule has 1 aromatic heterocycles. The molecule has 2 nitrogen and oxygen atoms in total. The number of nitriles is 1. The fourth-order valence-corrected chi connectivity index (χ4v) is 1.47. The third-order valence-corrected chi connectivity index (χ3v) is 2.17. The Labute approximate surface area is 90.8 Å². The minimum Gasteiger partial charge on any atom is -0.259 e. The van der Waals surface area contributed by atoms with Crippen LogP contribution in [-0.4, -0.2) is 4.98 Å². The number of benzene rings is 1. The molecule has 0 aliphatic carbocycles. The van der Waals surface area contributed by atoms with Gasteiger partial charge in [0.1, 0.15) is 0 Å². The van der Waals surface area contributed by atoms with Crippen molar-refractivity contribution in [1.29, 1.82) is 5.26 Å². The van der Waals surface area contributed by atoms with Gasteiger partial charge in [-0.25, -0.2) is 8.78 Å². The van der Waals surface area contributed by atoms with Crippen LogP contribution in [0.2, 0.25) is 0 Å². The first-order chi connectivity index (χ1) is 7.74. The van der Waals surface area contributed by atoms with Crippen molar-refractivity contribution in [3.8, 4) is 17.2 Å². The summed E-state index contributed by atoms with van der Waals surface area (Å²) in [7, 11) is 0. The molecule has 0 fully saturated rings. The molecule has 0 aliphatic heterocycles. The van der Waals surface area contributed by atoms with Crippen LogP contribution in [0.25, 0.3) is 11.1 Å². The van der Waals surface area contributed by atoms with E-state index in [1.54, 1.807) is 12.1 Å². The van der Waals surface area contributed by atoms with Crippen LogP contribution in [0.5, 0.6) is 0 Å². The SMILES string of the molecule is N#Cc1ccccc1-c1c(F)cncc1F. The lowest BCUT2D eigenvalue weighted by Gasteiger charge is -2.05. The second-order valence-corrected chi connectivity index (χ2v) is 3.14. The number of pyridine rings is 1. The summed E-state index contributed by atoms with van der Waals surface area (Å²) >= 11 is 0. The van der Waals surface area contributed by atoms with Gasteiger partial charge in [0.2, 0.25) is 0 Å². The normalized spacial score (nSPS) is 9.81. The quantitative estimate of drug-likeness (QED) is 0.734. The number of halogens is 2. The highest BCUT2D eigenvalue weighted by molar-refractivity contribution is 5.70. The lowest BCUT2D eigenvalue weighted by Crippen LogP contribution is -1.93. The van der Waals surface area contributed by atoms with Crippen LogP contribution in [0.4, 0.5) is 8.78 Å². The van der Waals surface area contributed by atoms with Crippen LogP contribution in [0.15, 0.2) is 36.7 Å². The summed E-state index contributed by atoms with van der Waals surface area (Å²) in [4.78, 5) is 3.39. The smallest absolute Gasteiger partial charge is 0.152 e. The van der Waals surface area contributed by atoms with Gasteiger partial charge in [-0.1, -0.05) is 18.2 Å². The van der Waals surface area contributed by atoms with Crippen molar-refractivity contribution in [2.24, 2.45) is 0 Å². The van der Waals surface area contributed by atoms with Crippen molar-refractivity contribution < 1.29 is 8.78 Å². The number of hydrogen-bond donors (Lipinski definition) is 0. The molecule has 78 valence electrons. The van der Waals surface area contributed by atoms with E-state index in [4.69, 9.17) is 5.26 Å². The molecule has 4 heteroatoms. The molecule has 0 saturated heterocycles. The fraction of sp³-hybridized carbons (Fsp3) is 0. The van der Waals surface area contributed by atoms with Crippen molar-refractivity contribution in [1.82, 2.24) is 4.98 Å². The monoisotopic (exact) mass is 216 g/mol. The average molecular weight is 216 g/mol. The zero-order chi connectivity index (χ0) is 11.5. The average Bonchev–Trinajstić information content (AvgIpc) is 2.29. The lowest BCUT2D eigenvalue weighted by atomic mass is 10.0. The molecule has 0 amide bonds. The van der Waals surface area contributed by atoms with Gasteiger partial charge in [-0.15, -0.1) is 0 Å². The molecule has 0 atom stereocenters.